The Balaban J connectivity index is 1.39. The molecule has 0 radical (unpaired) electrons. The van der Waals surface area contributed by atoms with Crippen molar-refractivity contribution in [3.63, 3.8) is 0 Å². The van der Waals surface area contributed by atoms with Crippen molar-refractivity contribution < 1.29 is 17.9 Å². The molecular weight excluding hydrogens is 386 g/mol. The first-order valence-electron chi connectivity index (χ1n) is 10.3. The first-order valence-corrected chi connectivity index (χ1v) is 11.8. The van der Waals surface area contributed by atoms with Gasteiger partial charge in [0.05, 0.1) is 10.8 Å². The van der Waals surface area contributed by atoms with Gasteiger partial charge >= 0.3 is 5.97 Å². The summed E-state index contributed by atoms with van der Waals surface area (Å²) in [7, 11) is -3.53. The first kappa shape index (κ1) is 20.1. The quantitative estimate of drug-likeness (QED) is 0.564. The molecule has 1 heterocycles. The zero-order valence-electron chi connectivity index (χ0n) is 16.8. The SMILES string of the molecule is Cc1ccc(OC(=O)C2CCN(S(=O)(=O)c3ccc4c(c3)CCCC4)CC2)cc1. The molecule has 2 aliphatic rings. The minimum absolute atomic E-state index is 0.272. The largest absolute Gasteiger partial charge is 0.426 e. The van der Waals surface area contributed by atoms with Gasteiger partial charge < -0.3 is 4.74 Å². The Bertz CT molecular complexity index is 990. The Morgan fingerprint density at radius 1 is 0.966 bits per heavy atom. The lowest BCUT2D eigenvalue weighted by Crippen LogP contribution is -2.41. The van der Waals surface area contributed by atoms with Crippen LogP contribution in [0.3, 0.4) is 0 Å². The molecule has 5 nitrogen and oxygen atoms in total. The molecule has 2 aromatic carbocycles. The number of nitrogens with zero attached hydrogens (tertiary/aromatic N) is 1. The number of rotatable bonds is 4. The van der Waals surface area contributed by atoms with Crippen molar-refractivity contribution in [2.45, 2.75) is 50.3 Å². The Hall–Kier alpha value is -2.18. The molecule has 154 valence electrons. The minimum atomic E-state index is -3.53. The van der Waals surface area contributed by atoms with Crippen LogP contribution >= 0.6 is 0 Å². The zero-order chi connectivity index (χ0) is 20.4. The van der Waals surface area contributed by atoms with E-state index in [1.54, 1.807) is 18.2 Å². The first-order chi connectivity index (χ1) is 13.9. The molecule has 0 saturated carbocycles. The lowest BCUT2D eigenvalue weighted by molar-refractivity contribution is -0.140. The van der Waals surface area contributed by atoms with Crippen molar-refractivity contribution in [2.24, 2.45) is 5.92 Å². The predicted molar refractivity (Wildman–Crippen MR) is 111 cm³/mol. The zero-order valence-corrected chi connectivity index (χ0v) is 17.6. The van der Waals surface area contributed by atoms with Crippen LogP contribution in [0.2, 0.25) is 0 Å². The van der Waals surface area contributed by atoms with E-state index in [0.29, 0.717) is 36.6 Å². The molecule has 0 spiro atoms. The average molecular weight is 414 g/mol. The Morgan fingerprint density at radius 2 is 1.62 bits per heavy atom. The number of fused-ring (bicyclic) bond motifs is 1. The summed E-state index contributed by atoms with van der Waals surface area (Å²) in [5.74, 6) is -0.0179. The number of carbonyl (C=O) groups excluding carboxylic acids is 1. The van der Waals surface area contributed by atoms with E-state index in [1.165, 1.54) is 16.3 Å². The maximum absolute atomic E-state index is 13.1. The topological polar surface area (TPSA) is 63.7 Å². The maximum atomic E-state index is 13.1. The number of piperidine rings is 1. The molecular formula is C23H27NO4S. The highest BCUT2D eigenvalue weighted by Gasteiger charge is 2.33. The second kappa shape index (κ2) is 8.28. The van der Waals surface area contributed by atoms with Crippen molar-refractivity contribution >= 4 is 16.0 Å². The molecule has 0 unspecified atom stereocenters. The molecule has 0 amide bonds. The molecule has 2 aromatic rings. The molecule has 1 aliphatic heterocycles. The van der Waals surface area contributed by atoms with E-state index in [4.69, 9.17) is 4.74 Å². The summed E-state index contributed by atoms with van der Waals surface area (Å²) in [6, 6.07) is 12.9. The van der Waals surface area contributed by atoms with Crippen LogP contribution in [0.4, 0.5) is 0 Å². The molecule has 0 aromatic heterocycles. The Labute approximate surface area is 172 Å². The van der Waals surface area contributed by atoms with Gasteiger partial charge in [0, 0.05) is 13.1 Å². The van der Waals surface area contributed by atoms with Crippen molar-refractivity contribution in [1.82, 2.24) is 4.31 Å². The van der Waals surface area contributed by atoms with Crippen LogP contribution in [0.15, 0.2) is 47.4 Å². The highest BCUT2D eigenvalue weighted by Crippen LogP contribution is 2.28. The van der Waals surface area contributed by atoms with Gasteiger partial charge in [-0.1, -0.05) is 23.8 Å². The van der Waals surface area contributed by atoms with Gasteiger partial charge in [0.1, 0.15) is 5.75 Å². The van der Waals surface area contributed by atoms with E-state index in [1.807, 2.05) is 31.2 Å². The van der Waals surface area contributed by atoms with Crippen LogP contribution in [0.1, 0.15) is 42.4 Å². The van der Waals surface area contributed by atoms with Gasteiger partial charge in [-0.3, -0.25) is 4.79 Å². The van der Waals surface area contributed by atoms with Gasteiger partial charge in [0.15, 0.2) is 0 Å². The molecule has 1 fully saturated rings. The summed E-state index contributed by atoms with van der Waals surface area (Å²) in [4.78, 5) is 12.8. The number of hydrogen-bond acceptors (Lipinski definition) is 4. The fraction of sp³-hybridized carbons (Fsp3) is 0.435. The van der Waals surface area contributed by atoms with Crippen molar-refractivity contribution in [3.8, 4) is 5.75 Å². The highest BCUT2D eigenvalue weighted by atomic mass is 32.2. The summed E-state index contributed by atoms with van der Waals surface area (Å²) in [6.07, 6.45) is 5.23. The second-order valence-corrected chi connectivity index (χ2v) is 9.99. The third-order valence-electron chi connectivity index (χ3n) is 5.98. The average Bonchev–Trinajstić information content (AvgIpc) is 2.75. The number of ether oxygens (including phenoxy) is 1. The van der Waals surface area contributed by atoms with Gasteiger partial charge in [0.25, 0.3) is 0 Å². The minimum Gasteiger partial charge on any atom is -0.426 e. The number of esters is 1. The molecule has 0 bridgehead atoms. The van der Waals surface area contributed by atoms with Crippen LogP contribution in [0.25, 0.3) is 0 Å². The summed E-state index contributed by atoms with van der Waals surface area (Å²) >= 11 is 0. The van der Waals surface area contributed by atoms with Crippen molar-refractivity contribution in [1.29, 1.82) is 0 Å². The van der Waals surface area contributed by atoms with Crippen molar-refractivity contribution in [3.05, 3.63) is 59.2 Å². The third kappa shape index (κ3) is 4.38. The number of sulfonamides is 1. The van der Waals surface area contributed by atoms with Crippen LogP contribution in [0.5, 0.6) is 5.75 Å². The molecule has 1 aliphatic carbocycles. The second-order valence-electron chi connectivity index (χ2n) is 8.05. The van der Waals surface area contributed by atoms with Crippen LogP contribution in [-0.2, 0) is 27.7 Å². The summed E-state index contributed by atoms with van der Waals surface area (Å²) in [6.45, 7) is 2.66. The summed E-state index contributed by atoms with van der Waals surface area (Å²) < 4.78 is 33.1. The molecule has 0 N–H and O–H groups in total. The van der Waals surface area contributed by atoms with Gasteiger partial charge in [-0.25, -0.2) is 8.42 Å². The standard InChI is InChI=1S/C23H27NO4S/c1-17-6-9-21(10-7-17)28-23(25)19-12-14-24(15-13-19)29(26,27)22-11-8-18-4-2-3-5-20(18)16-22/h6-11,16,19H,2-5,12-15H2,1H3. The molecule has 0 atom stereocenters. The lowest BCUT2D eigenvalue weighted by atomic mass is 9.92. The van der Waals surface area contributed by atoms with E-state index in [0.717, 1.165) is 30.4 Å². The summed E-state index contributed by atoms with van der Waals surface area (Å²) in [5.41, 5.74) is 3.53. The van der Waals surface area contributed by atoms with Crippen LogP contribution in [-0.4, -0.2) is 31.8 Å². The molecule has 29 heavy (non-hydrogen) atoms. The number of benzene rings is 2. The molecule has 4 rings (SSSR count). The van der Waals surface area contributed by atoms with E-state index >= 15 is 0 Å². The maximum Gasteiger partial charge on any atom is 0.314 e. The predicted octanol–water partition coefficient (Wildman–Crippen LogP) is 3.88. The van der Waals surface area contributed by atoms with Crippen LogP contribution in [0, 0.1) is 12.8 Å². The Morgan fingerprint density at radius 3 is 2.31 bits per heavy atom. The number of aryl methyl sites for hydroxylation is 3. The smallest absolute Gasteiger partial charge is 0.314 e. The van der Waals surface area contributed by atoms with Gasteiger partial charge in [-0.2, -0.15) is 4.31 Å². The third-order valence-corrected chi connectivity index (χ3v) is 7.88. The fourth-order valence-corrected chi connectivity index (χ4v) is 5.68. The normalized spacial score (nSPS) is 18.2. The van der Waals surface area contributed by atoms with E-state index in [9.17, 15) is 13.2 Å². The molecule has 6 heteroatoms. The fourth-order valence-electron chi connectivity index (χ4n) is 4.16. The summed E-state index contributed by atoms with van der Waals surface area (Å²) in [5, 5.41) is 0. The van der Waals surface area contributed by atoms with E-state index in [-0.39, 0.29) is 11.9 Å². The monoisotopic (exact) mass is 413 g/mol. The van der Waals surface area contributed by atoms with Crippen molar-refractivity contribution in [2.75, 3.05) is 13.1 Å². The number of carbonyl (C=O) groups is 1. The molecule has 1 saturated heterocycles. The van der Waals surface area contributed by atoms with E-state index in [2.05, 4.69) is 0 Å². The van der Waals surface area contributed by atoms with Gasteiger partial charge in [-0.15, -0.1) is 0 Å². The lowest BCUT2D eigenvalue weighted by Gasteiger charge is -2.30. The van der Waals surface area contributed by atoms with Gasteiger partial charge in [0.2, 0.25) is 10.0 Å². The number of hydrogen-bond donors (Lipinski definition) is 0. The van der Waals surface area contributed by atoms with E-state index < -0.39 is 10.0 Å². The Kier molecular flexibility index (Phi) is 5.74. The highest BCUT2D eigenvalue weighted by molar-refractivity contribution is 7.89. The van der Waals surface area contributed by atoms with Crippen LogP contribution < -0.4 is 4.74 Å². The van der Waals surface area contributed by atoms with Gasteiger partial charge in [-0.05, 0) is 80.8 Å².